The van der Waals surface area contributed by atoms with Crippen molar-refractivity contribution in [1.29, 1.82) is 0 Å². The van der Waals surface area contributed by atoms with Gasteiger partial charge in [-0.1, -0.05) is 13.2 Å². The molecular formula is C20H28O4S4. The minimum Gasteiger partial charge on any atom is -0.457 e. The van der Waals surface area contributed by atoms with Crippen LogP contribution in [0.25, 0.3) is 0 Å². The Morgan fingerprint density at radius 2 is 1.00 bits per heavy atom. The van der Waals surface area contributed by atoms with Gasteiger partial charge < -0.3 is 9.47 Å². The molecule has 156 valence electrons. The monoisotopic (exact) mass is 460 g/mol. The fourth-order valence-corrected chi connectivity index (χ4v) is 9.84. The Labute approximate surface area is 184 Å². The van der Waals surface area contributed by atoms with Crippen LogP contribution in [0.15, 0.2) is 24.3 Å². The Morgan fingerprint density at radius 1 is 0.714 bits per heavy atom. The van der Waals surface area contributed by atoms with Gasteiger partial charge in [0.25, 0.3) is 0 Å². The van der Waals surface area contributed by atoms with E-state index in [0.29, 0.717) is 11.1 Å². The summed E-state index contributed by atoms with van der Waals surface area (Å²) in [7, 11) is 0. The van der Waals surface area contributed by atoms with E-state index in [1.807, 2.05) is 47.0 Å². The summed E-state index contributed by atoms with van der Waals surface area (Å²) in [4.78, 5) is 23.5. The molecule has 8 heteroatoms. The second kappa shape index (κ2) is 9.31. The maximum atomic E-state index is 11.7. The molecule has 2 aliphatic heterocycles. The second-order valence-corrected chi connectivity index (χ2v) is 13.8. The van der Waals surface area contributed by atoms with Gasteiger partial charge in [0.15, 0.2) is 0 Å². The normalized spacial score (nSPS) is 35.4. The van der Waals surface area contributed by atoms with E-state index in [1.165, 1.54) is 25.7 Å². The van der Waals surface area contributed by atoms with Crippen molar-refractivity contribution in [3.05, 3.63) is 24.3 Å². The molecule has 1 aliphatic carbocycles. The zero-order chi connectivity index (χ0) is 20.4. The van der Waals surface area contributed by atoms with Crippen molar-refractivity contribution in [3.8, 4) is 0 Å². The van der Waals surface area contributed by atoms with Crippen molar-refractivity contribution >= 4 is 59.0 Å². The van der Waals surface area contributed by atoms with E-state index in [2.05, 4.69) is 13.2 Å². The summed E-state index contributed by atoms with van der Waals surface area (Å²) in [6, 6.07) is 0. The standard InChI is InChI=1S/C20H28O4S4/c1-13(2)17(21)23-15-9-25-19(26-10-15)5-7-20(8-6-19)27-11-16(12-28-20)24-18(22)14(3)4/h15-16H,1,3,5-12H2,2,4H3. The lowest BCUT2D eigenvalue weighted by Gasteiger charge is -2.49. The SMILES string of the molecule is C=C(C)C(=O)OC1CSC2(CCC3(CC2)SCC(OC(=O)C(=C)C)CS3)SC1. The molecule has 0 unspecified atom stereocenters. The van der Waals surface area contributed by atoms with Crippen molar-refractivity contribution in [1.82, 2.24) is 0 Å². The molecule has 2 heterocycles. The van der Waals surface area contributed by atoms with Gasteiger partial charge in [0, 0.05) is 34.2 Å². The first-order valence-corrected chi connectivity index (χ1v) is 13.5. The van der Waals surface area contributed by atoms with Crippen LogP contribution in [-0.2, 0) is 19.1 Å². The quantitative estimate of drug-likeness (QED) is 0.434. The average molecular weight is 461 g/mol. The van der Waals surface area contributed by atoms with E-state index in [-0.39, 0.29) is 32.3 Å². The zero-order valence-corrected chi connectivity index (χ0v) is 19.8. The molecule has 0 atom stereocenters. The summed E-state index contributed by atoms with van der Waals surface area (Å²) in [5.74, 6) is 2.94. The molecule has 0 N–H and O–H groups in total. The highest BCUT2D eigenvalue weighted by Crippen LogP contribution is 2.60. The number of hydrogen-bond donors (Lipinski definition) is 0. The summed E-state index contributed by atoms with van der Waals surface area (Å²) >= 11 is 7.87. The molecule has 0 aromatic rings. The molecule has 0 aromatic carbocycles. The predicted octanol–water partition coefficient (Wildman–Crippen LogP) is 4.89. The van der Waals surface area contributed by atoms with E-state index in [9.17, 15) is 9.59 Å². The van der Waals surface area contributed by atoms with E-state index in [1.54, 1.807) is 13.8 Å². The fourth-order valence-electron chi connectivity index (χ4n) is 3.39. The van der Waals surface area contributed by atoms with Crippen LogP contribution in [0.2, 0.25) is 0 Å². The van der Waals surface area contributed by atoms with E-state index in [0.717, 1.165) is 23.0 Å². The summed E-state index contributed by atoms with van der Waals surface area (Å²) < 4.78 is 11.6. The maximum Gasteiger partial charge on any atom is 0.333 e. The summed E-state index contributed by atoms with van der Waals surface area (Å²) in [5, 5.41) is 0. The maximum absolute atomic E-state index is 11.7. The number of thioether (sulfide) groups is 4. The number of carbonyl (C=O) groups is 2. The molecule has 3 aliphatic rings. The molecule has 2 saturated heterocycles. The van der Waals surface area contributed by atoms with Crippen LogP contribution in [0.5, 0.6) is 0 Å². The van der Waals surface area contributed by atoms with E-state index >= 15 is 0 Å². The van der Waals surface area contributed by atoms with Gasteiger partial charge >= 0.3 is 11.9 Å². The lowest BCUT2D eigenvalue weighted by molar-refractivity contribution is -0.143. The third-order valence-electron chi connectivity index (χ3n) is 5.15. The molecule has 2 spiro atoms. The van der Waals surface area contributed by atoms with Crippen LogP contribution < -0.4 is 0 Å². The first-order valence-electron chi connectivity index (χ1n) is 9.51. The second-order valence-electron chi connectivity index (χ2n) is 7.68. The van der Waals surface area contributed by atoms with Crippen LogP contribution in [0.3, 0.4) is 0 Å². The lowest BCUT2D eigenvalue weighted by Crippen LogP contribution is -2.43. The zero-order valence-electron chi connectivity index (χ0n) is 16.5. The van der Waals surface area contributed by atoms with E-state index < -0.39 is 0 Å². The molecule has 3 fully saturated rings. The summed E-state index contributed by atoms with van der Waals surface area (Å²) in [5.41, 5.74) is 0.932. The largest absolute Gasteiger partial charge is 0.457 e. The van der Waals surface area contributed by atoms with Crippen LogP contribution in [0, 0.1) is 0 Å². The number of esters is 2. The predicted molar refractivity (Wildman–Crippen MR) is 123 cm³/mol. The average Bonchev–Trinajstić information content (AvgIpc) is 2.68. The van der Waals surface area contributed by atoms with Crippen molar-refractivity contribution in [2.75, 3.05) is 23.0 Å². The van der Waals surface area contributed by atoms with Gasteiger partial charge in [0.05, 0.1) is 8.16 Å². The van der Waals surface area contributed by atoms with Crippen molar-refractivity contribution in [2.24, 2.45) is 0 Å². The first kappa shape index (κ1) is 22.5. The Balaban J connectivity index is 1.44. The van der Waals surface area contributed by atoms with E-state index in [4.69, 9.17) is 9.47 Å². The van der Waals surface area contributed by atoms with Crippen LogP contribution in [0.1, 0.15) is 39.5 Å². The van der Waals surface area contributed by atoms with Crippen LogP contribution >= 0.6 is 47.0 Å². The Kier molecular flexibility index (Phi) is 7.48. The van der Waals surface area contributed by atoms with Gasteiger partial charge in [0.1, 0.15) is 12.2 Å². The summed E-state index contributed by atoms with van der Waals surface area (Å²) in [6.45, 7) is 10.7. The molecule has 0 amide bonds. The Bertz CT molecular complexity index is 579. The van der Waals surface area contributed by atoms with Gasteiger partial charge in [0.2, 0.25) is 0 Å². The van der Waals surface area contributed by atoms with Crippen LogP contribution in [0.4, 0.5) is 0 Å². The molecular weight excluding hydrogens is 432 g/mol. The highest BCUT2D eigenvalue weighted by molar-refractivity contribution is 8.19. The highest BCUT2D eigenvalue weighted by atomic mass is 32.2. The molecule has 1 saturated carbocycles. The smallest absolute Gasteiger partial charge is 0.333 e. The third kappa shape index (κ3) is 5.49. The molecule has 28 heavy (non-hydrogen) atoms. The fraction of sp³-hybridized carbons (Fsp3) is 0.700. The number of hydrogen-bond acceptors (Lipinski definition) is 8. The molecule has 0 radical (unpaired) electrons. The van der Waals surface area contributed by atoms with Gasteiger partial charge in [-0.05, 0) is 39.5 Å². The molecule has 3 rings (SSSR count). The molecule has 4 nitrogen and oxygen atoms in total. The van der Waals surface area contributed by atoms with Gasteiger partial charge in [-0.15, -0.1) is 47.0 Å². The Morgan fingerprint density at radius 3 is 1.25 bits per heavy atom. The molecule has 0 aromatic heterocycles. The minimum absolute atomic E-state index is 0.0112. The topological polar surface area (TPSA) is 52.6 Å². The number of rotatable bonds is 4. The lowest BCUT2D eigenvalue weighted by atomic mass is 9.98. The Hall–Kier alpha value is -0.180. The van der Waals surface area contributed by atoms with Gasteiger partial charge in [-0.2, -0.15) is 0 Å². The van der Waals surface area contributed by atoms with Gasteiger partial charge in [-0.3, -0.25) is 0 Å². The van der Waals surface area contributed by atoms with Gasteiger partial charge in [-0.25, -0.2) is 9.59 Å². The number of carbonyl (C=O) groups excluding carboxylic acids is 2. The highest BCUT2D eigenvalue weighted by Gasteiger charge is 2.48. The third-order valence-corrected chi connectivity index (χ3v) is 12.5. The van der Waals surface area contributed by atoms with Crippen molar-refractivity contribution < 1.29 is 19.1 Å². The van der Waals surface area contributed by atoms with Crippen LogP contribution in [-0.4, -0.2) is 55.3 Å². The minimum atomic E-state index is -0.276. The van der Waals surface area contributed by atoms with Crippen molar-refractivity contribution in [3.63, 3.8) is 0 Å². The molecule has 0 bridgehead atoms. The van der Waals surface area contributed by atoms with Crippen molar-refractivity contribution in [2.45, 2.75) is 59.9 Å². The first-order chi connectivity index (χ1) is 13.2. The number of ether oxygens (including phenoxy) is 2. The summed E-state index contributed by atoms with van der Waals surface area (Å²) in [6.07, 6.45) is 4.70.